The highest BCUT2D eigenvalue weighted by Gasteiger charge is 2.12. The molecule has 0 bridgehead atoms. The quantitative estimate of drug-likeness (QED) is 0.543. The van der Waals surface area contributed by atoms with E-state index in [2.05, 4.69) is 16.2 Å². The van der Waals surface area contributed by atoms with Gasteiger partial charge < -0.3 is 10.1 Å². The number of amides is 3. The highest BCUT2D eigenvalue weighted by Crippen LogP contribution is 2.15. The molecule has 2 aromatic carbocycles. The van der Waals surface area contributed by atoms with Gasteiger partial charge in [-0.2, -0.15) is 0 Å². The van der Waals surface area contributed by atoms with Crippen molar-refractivity contribution in [2.75, 3.05) is 11.9 Å². The molecule has 0 aliphatic carbocycles. The molecule has 3 aromatic rings. The molecule has 0 radical (unpaired) electrons. The molecule has 0 saturated heterocycles. The Bertz CT molecular complexity index is 1000. The molecule has 3 N–H and O–H groups in total. The third-order valence-corrected chi connectivity index (χ3v) is 4.71. The van der Waals surface area contributed by atoms with E-state index in [-0.39, 0.29) is 5.91 Å². The fourth-order valence-corrected chi connectivity index (χ4v) is 3.08. The number of thiophene rings is 1. The standard InChI is InChI=1S/C21H19N3O4S/c1-2-28-17-10-8-14(9-11-17)19(25)23-24-20(26)15-5-3-6-16(13-15)22-21(27)18-7-4-12-29-18/h3-13H,2H2,1H3,(H,22,27)(H,23,25)(H,24,26). The molecule has 148 valence electrons. The molecule has 8 heteroatoms. The molecule has 3 rings (SSSR count). The second kappa shape index (κ2) is 9.52. The van der Waals surface area contributed by atoms with Gasteiger partial charge in [0.2, 0.25) is 0 Å². The van der Waals surface area contributed by atoms with Crippen LogP contribution in [-0.4, -0.2) is 24.3 Å². The Balaban J connectivity index is 1.57. The number of hydrogen-bond donors (Lipinski definition) is 3. The smallest absolute Gasteiger partial charge is 0.269 e. The van der Waals surface area contributed by atoms with Crippen LogP contribution in [0.2, 0.25) is 0 Å². The molecule has 7 nitrogen and oxygen atoms in total. The number of hydrogen-bond acceptors (Lipinski definition) is 5. The van der Waals surface area contributed by atoms with Crippen molar-refractivity contribution >= 4 is 34.7 Å². The van der Waals surface area contributed by atoms with Crippen LogP contribution in [0.3, 0.4) is 0 Å². The van der Waals surface area contributed by atoms with Gasteiger partial charge in [0.15, 0.2) is 0 Å². The van der Waals surface area contributed by atoms with Crippen LogP contribution >= 0.6 is 11.3 Å². The van der Waals surface area contributed by atoms with Crippen LogP contribution < -0.4 is 20.9 Å². The summed E-state index contributed by atoms with van der Waals surface area (Å²) in [6.07, 6.45) is 0. The molecule has 0 spiro atoms. The van der Waals surface area contributed by atoms with Crippen LogP contribution in [0.5, 0.6) is 5.75 Å². The lowest BCUT2D eigenvalue weighted by Crippen LogP contribution is -2.41. The van der Waals surface area contributed by atoms with Crippen LogP contribution in [0.25, 0.3) is 0 Å². The van der Waals surface area contributed by atoms with E-state index in [9.17, 15) is 14.4 Å². The summed E-state index contributed by atoms with van der Waals surface area (Å²) < 4.78 is 5.33. The number of rotatable bonds is 6. The summed E-state index contributed by atoms with van der Waals surface area (Å²) in [5.41, 5.74) is 5.88. The van der Waals surface area contributed by atoms with Gasteiger partial charge in [-0.1, -0.05) is 12.1 Å². The predicted octanol–water partition coefficient (Wildman–Crippen LogP) is 3.47. The number of ether oxygens (including phenoxy) is 1. The van der Waals surface area contributed by atoms with Gasteiger partial charge in [-0.15, -0.1) is 11.3 Å². The van der Waals surface area contributed by atoms with Gasteiger partial charge in [-0.25, -0.2) is 0 Å². The first-order valence-corrected chi connectivity index (χ1v) is 9.73. The number of nitrogens with one attached hydrogen (secondary N) is 3. The lowest BCUT2D eigenvalue weighted by molar-refractivity contribution is 0.0846. The number of hydrazine groups is 1. The van der Waals surface area contributed by atoms with Crippen molar-refractivity contribution in [3.63, 3.8) is 0 Å². The molecule has 1 heterocycles. The molecule has 0 fully saturated rings. The molecule has 0 aliphatic heterocycles. The molecule has 0 atom stereocenters. The van der Waals surface area contributed by atoms with E-state index in [0.29, 0.717) is 34.0 Å². The molecular formula is C21H19N3O4S. The maximum Gasteiger partial charge on any atom is 0.269 e. The van der Waals surface area contributed by atoms with E-state index < -0.39 is 11.8 Å². The van der Waals surface area contributed by atoms with Gasteiger partial charge in [0, 0.05) is 16.8 Å². The zero-order valence-corrected chi connectivity index (χ0v) is 16.4. The van der Waals surface area contributed by atoms with Gasteiger partial charge in [0.25, 0.3) is 17.7 Å². The maximum atomic E-state index is 12.3. The lowest BCUT2D eigenvalue weighted by atomic mass is 10.2. The first-order valence-electron chi connectivity index (χ1n) is 8.85. The van der Waals surface area contributed by atoms with E-state index >= 15 is 0 Å². The topological polar surface area (TPSA) is 96.5 Å². The van der Waals surface area contributed by atoms with Gasteiger partial charge in [-0.05, 0) is 60.8 Å². The maximum absolute atomic E-state index is 12.3. The number of carbonyl (C=O) groups is 3. The highest BCUT2D eigenvalue weighted by molar-refractivity contribution is 7.12. The minimum Gasteiger partial charge on any atom is -0.494 e. The molecule has 1 aromatic heterocycles. The summed E-state index contributed by atoms with van der Waals surface area (Å²) >= 11 is 1.33. The van der Waals surface area contributed by atoms with Crippen molar-refractivity contribution in [2.24, 2.45) is 0 Å². The van der Waals surface area contributed by atoms with Crippen molar-refractivity contribution in [1.82, 2.24) is 10.9 Å². The minimum absolute atomic E-state index is 0.249. The van der Waals surface area contributed by atoms with E-state index in [4.69, 9.17) is 4.74 Å². The average molecular weight is 409 g/mol. The normalized spacial score (nSPS) is 10.1. The van der Waals surface area contributed by atoms with Gasteiger partial charge in [-0.3, -0.25) is 25.2 Å². The number of benzene rings is 2. The van der Waals surface area contributed by atoms with Crippen LogP contribution in [0.1, 0.15) is 37.3 Å². The Kier molecular flexibility index (Phi) is 6.59. The van der Waals surface area contributed by atoms with Crippen molar-refractivity contribution in [2.45, 2.75) is 6.92 Å². The Morgan fingerprint density at radius 3 is 2.24 bits per heavy atom. The summed E-state index contributed by atoms with van der Waals surface area (Å²) in [5, 5.41) is 4.55. The molecule has 0 aliphatic rings. The second-order valence-electron chi connectivity index (χ2n) is 5.88. The van der Waals surface area contributed by atoms with E-state index in [1.807, 2.05) is 12.3 Å². The Labute approximate surface area is 171 Å². The summed E-state index contributed by atoms with van der Waals surface area (Å²) in [5.74, 6) is -0.545. The van der Waals surface area contributed by atoms with E-state index in [1.54, 1.807) is 54.6 Å². The van der Waals surface area contributed by atoms with Crippen molar-refractivity contribution in [1.29, 1.82) is 0 Å². The molecule has 0 unspecified atom stereocenters. The fourth-order valence-electron chi connectivity index (χ4n) is 2.47. The third kappa shape index (κ3) is 5.43. The predicted molar refractivity (Wildman–Crippen MR) is 111 cm³/mol. The van der Waals surface area contributed by atoms with Crippen LogP contribution in [0.15, 0.2) is 66.0 Å². The van der Waals surface area contributed by atoms with Crippen LogP contribution in [-0.2, 0) is 0 Å². The summed E-state index contributed by atoms with van der Waals surface area (Å²) in [4.78, 5) is 37.2. The van der Waals surface area contributed by atoms with E-state index in [1.165, 1.54) is 17.4 Å². The third-order valence-electron chi connectivity index (χ3n) is 3.84. The van der Waals surface area contributed by atoms with Gasteiger partial charge in [0.1, 0.15) is 5.75 Å². The summed E-state index contributed by atoms with van der Waals surface area (Å²) in [6, 6.07) is 16.5. The average Bonchev–Trinajstić information content (AvgIpc) is 3.28. The van der Waals surface area contributed by atoms with Crippen LogP contribution in [0, 0.1) is 0 Å². The number of anilines is 1. The lowest BCUT2D eigenvalue weighted by Gasteiger charge is -2.10. The Morgan fingerprint density at radius 1 is 0.862 bits per heavy atom. The molecule has 3 amide bonds. The first kappa shape index (κ1) is 20.1. The molecule has 0 saturated carbocycles. The number of carbonyl (C=O) groups excluding carboxylic acids is 3. The molecule has 29 heavy (non-hydrogen) atoms. The zero-order chi connectivity index (χ0) is 20.6. The van der Waals surface area contributed by atoms with Crippen molar-refractivity contribution in [3.05, 3.63) is 82.0 Å². The fraction of sp³-hybridized carbons (Fsp3) is 0.0952. The first-order chi connectivity index (χ1) is 14.1. The SMILES string of the molecule is CCOc1ccc(C(=O)NNC(=O)c2cccc(NC(=O)c3cccs3)c2)cc1. The zero-order valence-electron chi connectivity index (χ0n) is 15.6. The van der Waals surface area contributed by atoms with Crippen LogP contribution in [0.4, 0.5) is 5.69 Å². The monoisotopic (exact) mass is 409 g/mol. The Morgan fingerprint density at radius 2 is 1.59 bits per heavy atom. The molecular weight excluding hydrogens is 390 g/mol. The van der Waals surface area contributed by atoms with Gasteiger partial charge in [0.05, 0.1) is 11.5 Å². The second-order valence-corrected chi connectivity index (χ2v) is 6.83. The van der Waals surface area contributed by atoms with Crippen molar-refractivity contribution in [3.8, 4) is 5.75 Å². The van der Waals surface area contributed by atoms with Crippen molar-refractivity contribution < 1.29 is 19.1 Å². The van der Waals surface area contributed by atoms with Gasteiger partial charge >= 0.3 is 0 Å². The van der Waals surface area contributed by atoms with E-state index in [0.717, 1.165) is 0 Å². The highest BCUT2D eigenvalue weighted by atomic mass is 32.1. The minimum atomic E-state index is -0.503. The Hall–Kier alpha value is -3.65. The summed E-state index contributed by atoms with van der Waals surface area (Å²) in [6.45, 7) is 2.41. The summed E-state index contributed by atoms with van der Waals surface area (Å²) in [7, 11) is 0. The largest absolute Gasteiger partial charge is 0.494 e.